The van der Waals surface area contributed by atoms with E-state index < -0.39 is 0 Å². The van der Waals surface area contributed by atoms with E-state index >= 15 is 0 Å². The number of rotatable bonds is 2. The van der Waals surface area contributed by atoms with Gasteiger partial charge in [-0.3, -0.25) is 4.79 Å². The second-order valence-corrected chi connectivity index (χ2v) is 7.13. The molecule has 3 nitrogen and oxygen atoms in total. The van der Waals surface area contributed by atoms with Gasteiger partial charge in [-0.1, -0.05) is 0 Å². The molecule has 4 rings (SSSR count). The Hall–Kier alpha value is -2.07. The van der Waals surface area contributed by atoms with Gasteiger partial charge in [-0.15, -0.1) is 0 Å². The first-order chi connectivity index (χ1) is 11.1. The number of nitrogens with one attached hydrogen (secondary N) is 1. The number of aromatic nitrogens is 1. The predicted molar refractivity (Wildman–Crippen MR) is 95.1 cm³/mol. The summed E-state index contributed by atoms with van der Waals surface area (Å²) in [6.45, 7) is 5.03. The van der Waals surface area contributed by atoms with E-state index in [0.29, 0.717) is 0 Å². The van der Waals surface area contributed by atoms with E-state index in [1.54, 1.807) is 11.3 Å². The molecule has 0 radical (unpaired) electrons. The van der Waals surface area contributed by atoms with Gasteiger partial charge in [-0.05, 0) is 72.8 Å². The molecule has 3 aromatic rings. The molecule has 1 amide bonds. The van der Waals surface area contributed by atoms with Gasteiger partial charge in [0.15, 0.2) is 0 Å². The molecule has 1 aliphatic heterocycles. The largest absolute Gasteiger partial charge is 0.358 e. The normalized spacial score (nSPS) is 18.0. The van der Waals surface area contributed by atoms with Crippen LogP contribution in [0.15, 0.2) is 35.0 Å². The van der Waals surface area contributed by atoms with Crippen molar-refractivity contribution in [2.24, 2.45) is 0 Å². The standard InChI is InChI=1S/C19H20N2OS/c1-12-13(2)20-17-6-5-14(10-16(12)17)19(22)21-8-3-4-18(21)15-7-9-23-11-15/h5-7,9-11,18,20H,3-4,8H2,1-2H3/t18-/m1/s1. The van der Waals surface area contributed by atoms with Crippen molar-refractivity contribution in [1.82, 2.24) is 9.88 Å². The number of fused-ring (bicyclic) bond motifs is 1. The van der Waals surface area contributed by atoms with Crippen molar-refractivity contribution in [3.63, 3.8) is 0 Å². The smallest absolute Gasteiger partial charge is 0.254 e. The van der Waals surface area contributed by atoms with Gasteiger partial charge >= 0.3 is 0 Å². The summed E-state index contributed by atoms with van der Waals surface area (Å²) in [4.78, 5) is 18.4. The van der Waals surface area contributed by atoms with Gasteiger partial charge in [-0.2, -0.15) is 11.3 Å². The Morgan fingerprint density at radius 1 is 1.30 bits per heavy atom. The lowest BCUT2D eigenvalue weighted by Gasteiger charge is -2.24. The summed E-state index contributed by atoms with van der Waals surface area (Å²) in [5.74, 6) is 0.152. The van der Waals surface area contributed by atoms with Crippen LogP contribution >= 0.6 is 11.3 Å². The number of H-pyrrole nitrogens is 1. The number of aryl methyl sites for hydroxylation is 2. The third kappa shape index (κ3) is 2.38. The highest BCUT2D eigenvalue weighted by Gasteiger charge is 2.30. The zero-order valence-corrected chi connectivity index (χ0v) is 14.2. The topological polar surface area (TPSA) is 36.1 Å². The second-order valence-electron chi connectivity index (χ2n) is 6.35. The van der Waals surface area contributed by atoms with Gasteiger partial charge in [0.1, 0.15) is 0 Å². The Morgan fingerprint density at radius 2 is 2.17 bits per heavy atom. The van der Waals surface area contributed by atoms with Crippen LogP contribution in [0.25, 0.3) is 10.9 Å². The van der Waals surface area contributed by atoms with Gasteiger partial charge in [0.2, 0.25) is 0 Å². The van der Waals surface area contributed by atoms with E-state index in [9.17, 15) is 4.79 Å². The number of aromatic amines is 1. The van der Waals surface area contributed by atoms with Crippen molar-refractivity contribution in [2.75, 3.05) is 6.54 Å². The third-order valence-electron chi connectivity index (χ3n) is 5.00. The minimum Gasteiger partial charge on any atom is -0.358 e. The molecule has 1 saturated heterocycles. The van der Waals surface area contributed by atoms with Crippen molar-refractivity contribution >= 4 is 28.1 Å². The van der Waals surface area contributed by atoms with Crippen molar-refractivity contribution in [1.29, 1.82) is 0 Å². The van der Waals surface area contributed by atoms with Crippen LogP contribution in [0.2, 0.25) is 0 Å². The minimum absolute atomic E-state index is 0.152. The molecule has 0 spiro atoms. The van der Waals surface area contributed by atoms with Crippen LogP contribution in [-0.4, -0.2) is 22.3 Å². The monoisotopic (exact) mass is 324 g/mol. The number of carbonyl (C=O) groups is 1. The molecule has 1 fully saturated rings. The van der Waals surface area contributed by atoms with Gasteiger partial charge < -0.3 is 9.88 Å². The SMILES string of the molecule is Cc1[nH]c2ccc(C(=O)N3CCC[C@@H]3c3ccsc3)cc2c1C. The molecule has 1 atom stereocenters. The van der Waals surface area contributed by atoms with Crippen molar-refractivity contribution in [3.05, 3.63) is 57.4 Å². The van der Waals surface area contributed by atoms with Gasteiger partial charge in [0, 0.05) is 28.7 Å². The zero-order chi connectivity index (χ0) is 16.0. The van der Waals surface area contributed by atoms with Crippen LogP contribution in [0.3, 0.4) is 0 Å². The fraction of sp³-hybridized carbons (Fsp3) is 0.316. The maximum absolute atomic E-state index is 13.0. The molecular weight excluding hydrogens is 304 g/mol. The second kappa shape index (κ2) is 5.53. The highest BCUT2D eigenvalue weighted by atomic mass is 32.1. The molecule has 118 valence electrons. The van der Waals surface area contributed by atoms with Crippen molar-refractivity contribution in [2.45, 2.75) is 32.7 Å². The number of hydrogen-bond acceptors (Lipinski definition) is 2. The first kappa shape index (κ1) is 14.5. The Balaban J connectivity index is 1.69. The van der Waals surface area contributed by atoms with E-state index in [-0.39, 0.29) is 11.9 Å². The number of hydrogen-bond donors (Lipinski definition) is 1. The van der Waals surface area contributed by atoms with Crippen molar-refractivity contribution in [3.8, 4) is 0 Å². The Morgan fingerprint density at radius 3 is 2.96 bits per heavy atom. The summed E-state index contributed by atoms with van der Waals surface area (Å²) in [5.41, 5.74) is 5.57. The molecule has 0 unspecified atom stereocenters. The lowest BCUT2D eigenvalue weighted by atomic mass is 10.1. The fourth-order valence-corrected chi connectivity index (χ4v) is 4.29. The molecule has 0 bridgehead atoms. The van der Waals surface area contributed by atoms with Crippen LogP contribution in [0, 0.1) is 13.8 Å². The van der Waals surface area contributed by atoms with Crippen LogP contribution in [0.4, 0.5) is 0 Å². The lowest BCUT2D eigenvalue weighted by Crippen LogP contribution is -2.30. The van der Waals surface area contributed by atoms with E-state index in [2.05, 4.69) is 35.7 Å². The molecule has 23 heavy (non-hydrogen) atoms. The van der Waals surface area contributed by atoms with Crippen LogP contribution in [0.1, 0.15) is 46.1 Å². The molecule has 4 heteroatoms. The van der Waals surface area contributed by atoms with Gasteiger partial charge in [0.25, 0.3) is 5.91 Å². The maximum atomic E-state index is 13.0. The van der Waals surface area contributed by atoms with Crippen molar-refractivity contribution < 1.29 is 4.79 Å². The molecule has 3 heterocycles. The Bertz CT molecular complexity index is 863. The maximum Gasteiger partial charge on any atom is 0.254 e. The molecule has 1 aliphatic rings. The average Bonchev–Trinajstić information content (AvgIpc) is 3.27. The molecule has 1 aromatic carbocycles. The number of benzene rings is 1. The van der Waals surface area contributed by atoms with E-state index in [1.165, 1.54) is 16.8 Å². The molecule has 2 aromatic heterocycles. The summed E-state index contributed by atoms with van der Waals surface area (Å²) < 4.78 is 0. The minimum atomic E-state index is 0.152. The fourth-order valence-electron chi connectivity index (χ4n) is 3.58. The molecular formula is C19H20N2OS. The molecule has 0 aliphatic carbocycles. The van der Waals surface area contributed by atoms with E-state index in [0.717, 1.165) is 35.9 Å². The first-order valence-corrected chi connectivity index (χ1v) is 9.01. The zero-order valence-electron chi connectivity index (χ0n) is 13.4. The first-order valence-electron chi connectivity index (χ1n) is 8.07. The average molecular weight is 324 g/mol. The van der Waals surface area contributed by atoms with Crippen LogP contribution < -0.4 is 0 Å². The number of amides is 1. The van der Waals surface area contributed by atoms with Gasteiger partial charge in [0.05, 0.1) is 6.04 Å². The van der Waals surface area contributed by atoms with Crippen LogP contribution in [-0.2, 0) is 0 Å². The Labute approximate surface area is 139 Å². The molecule has 0 saturated carbocycles. The summed E-state index contributed by atoms with van der Waals surface area (Å²) in [6.07, 6.45) is 2.14. The number of thiophene rings is 1. The van der Waals surface area contributed by atoms with E-state index in [1.807, 2.05) is 23.1 Å². The summed E-state index contributed by atoms with van der Waals surface area (Å²) in [6, 6.07) is 8.39. The summed E-state index contributed by atoms with van der Waals surface area (Å²) in [7, 11) is 0. The Kier molecular flexibility index (Phi) is 3.49. The van der Waals surface area contributed by atoms with E-state index in [4.69, 9.17) is 0 Å². The highest BCUT2D eigenvalue weighted by molar-refractivity contribution is 7.08. The van der Waals surface area contributed by atoms with Gasteiger partial charge in [-0.25, -0.2) is 0 Å². The summed E-state index contributed by atoms with van der Waals surface area (Å²) in [5, 5.41) is 5.41. The highest BCUT2D eigenvalue weighted by Crippen LogP contribution is 2.34. The quantitative estimate of drug-likeness (QED) is 0.720. The third-order valence-corrected chi connectivity index (χ3v) is 5.70. The summed E-state index contributed by atoms with van der Waals surface area (Å²) >= 11 is 1.70. The number of likely N-dealkylation sites (tertiary alicyclic amines) is 1. The number of nitrogens with zero attached hydrogens (tertiary/aromatic N) is 1. The van der Waals surface area contributed by atoms with Crippen LogP contribution in [0.5, 0.6) is 0 Å². The number of carbonyl (C=O) groups excluding carboxylic acids is 1. The predicted octanol–water partition coefficient (Wildman–Crippen LogP) is 4.82. The molecule has 1 N–H and O–H groups in total. The lowest BCUT2D eigenvalue weighted by molar-refractivity contribution is 0.0736.